The largest absolute Gasteiger partial charge is 0.356 e. The highest BCUT2D eigenvalue weighted by atomic mass is 79.9. The lowest BCUT2D eigenvalue weighted by molar-refractivity contribution is 0.607. The van der Waals surface area contributed by atoms with Gasteiger partial charge in [-0.15, -0.1) is 0 Å². The number of rotatable bonds is 5. The molecule has 0 aliphatic heterocycles. The third-order valence-electron chi connectivity index (χ3n) is 5.01. The molecular weight excluding hydrogens is 409 g/mol. The van der Waals surface area contributed by atoms with Crippen LogP contribution in [0.15, 0.2) is 58.3 Å². The van der Waals surface area contributed by atoms with Crippen molar-refractivity contribution in [3.8, 4) is 0 Å². The normalized spacial score (nSPS) is 15.7. The van der Waals surface area contributed by atoms with E-state index in [9.17, 15) is 4.39 Å². The Balaban J connectivity index is 1.37. The van der Waals surface area contributed by atoms with Crippen molar-refractivity contribution in [3.63, 3.8) is 0 Å². The molecule has 1 fully saturated rings. The van der Waals surface area contributed by atoms with E-state index in [-0.39, 0.29) is 11.2 Å². The Kier molecular flexibility index (Phi) is 4.86. The fourth-order valence-corrected chi connectivity index (χ4v) is 3.64. The topological polar surface area (TPSA) is 53.7 Å². The van der Waals surface area contributed by atoms with E-state index in [2.05, 4.69) is 36.5 Å². The summed E-state index contributed by atoms with van der Waals surface area (Å²) in [7, 11) is 1.75. The average molecular weight is 430 g/mol. The van der Waals surface area contributed by atoms with E-state index in [0.717, 1.165) is 46.7 Å². The molecule has 0 bridgehead atoms. The molecule has 2 N–H and O–H groups in total. The van der Waals surface area contributed by atoms with Crippen LogP contribution in [-0.2, 0) is 12.0 Å². The van der Waals surface area contributed by atoms with Crippen LogP contribution in [0.5, 0.6) is 0 Å². The zero-order chi connectivity index (χ0) is 18.9. The number of imidazole rings is 1. The number of fused-ring (bicyclic) bond motifs is 1. The minimum Gasteiger partial charge on any atom is -0.356 e. The van der Waals surface area contributed by atoms with Gasteiger partial charge in [-0.3, -0.25) is 4.99 Å². The molecule has 1 aliphatic rings. The fourth-order valence-electron chi connectivity index (χ4n) is 3.29. The van der Waals surface area contributed by atoms with Crippen LogP contribution < -0.4 is 10.6 Å². The molecule has 0 amide bonds. The zero-order valence-electron chi connectivity index (χ0n) is 15.0. The third-order valence-corrected chi connectivity index (χ3v) is 5.48. The van der Waals surface area contributed by atoms with Crippen molar-refractivity contribution >= 4 is 27.5 Å². The predicted octanol–water partition coefficient (Wildman–Crippen LogP) is 3.63. The molecule has 0 atom stereocenters. The molecule has 2 heterocycles. The maximum atomic E-state index is 13.5. The van der Waals surface area contributed by atoms with Gasteiger partial charge in [0, 0.05) is 35.9 Å². The first-order chi connectivity index (χ1) is 13.1. The van der Waals surface area contributed by atoms with Gasteiger partial charge in [0.15, 0.2) is 5.96 Å². The first kappa shape index (κ1) is 18.0. The van der Waals surface area contributed by atoms with E-state index in [0.29, 0.717) is 6.54 Å². The summed E-state index contributed by atoms with van der Waals surface area (Å²) in [4.78, 5) is 8.89. The summed E-state index contributed by atoms with van der Waals surface area (Å²) in [5.41, 5.74) is 2.90. The second-order valence-electron chi connectivity index (χ2n) is 6.92. The summed E-state index contributed by atoms with van der Waals surface area (Å²) in [6, 6.07) is 10.8. The van der Waals surface area contributed by atoms with Crippen LogP contribution in [0.2, 0.25) is 0 Å². The number of aliphatic imine (C=N–C) groups is 1. The molecule has 1 aliphatic carbocycles. The first-order valence-corrected chi connectivity index (χ1v) is 9.71. The Morgan fingerprint density at radius 1 is 1.26 bits per heavy atom. The van der Waals surface area contributed by atoms with E-state index < -0.39 is 0 Å². The van der Waals surface area contributed by atoms with Crippen molar-refractivity contribution in [2.24, 2.45) is 4.99 Å². The van der Waals surface area contributed by atoms with Crippen molar-refractivity contribution in [2.75, 3.05) is 13.6 Å². The molecule has 1 saturated carbocycles. The molecule has 0 saturated heterocycles. The molecule has 1 aromatic carbocycles. The van der Waals surface area contributed by atoms with Crippen molar-refractivity contribution < 1.29 is 4.39 Å². The Bertz CT molecular complexity index is 993. The Hall–Kier alpha value is -2.41. The van der Waals surface area contributed by atoms with Crippen LogP contribution in [0.3, 0.4) is 0 Å². The van der Waals surface area contributed by atoms with E-state index in [4.69, 9.17) is 0 Å². The molecule has 0 unspecified atom stereocenters. The monoisotopic (exact) mass is 429 g/mol. The Labute approximate surface area is 165 Å². The van der Waals surface area contributed by atoms with Crippen LogP contribution in [0.4, 0.5) is 4.39 Å². The van der Waals surface area contributed by atoms with E-state index in [1.54, 1.807) is 19.2 Å². The quantitative estimate of drug-likeness (QED) is 0.480. The number of guanidine groups is 1. The summed E-state index contributed by atoms with van der Waals surface area (Å²) in [6.07, 6.45) is 6.09. The van der Waals surface area contributed by atoms with Crippen LogP contribution in [0, 0.1) is 5.82 Å². The van der Waals surface area contributed by atoms with Gasteiger partial charge in [0.25, 0.3) is 0 Å². The minimum absolute atomic E-state index is 0.00901. The van der Waals surface area contributed by atoms with Crippen molar-refractivity contribution in [1.29, 1.82) is 0 Å². The second-order valence-corrected chi connectivity index (χ2v) is 7.83. The lowest BCUT2D eigenvalue weighted by atomic mass is 9.96. The molecule has 27 heavy (non-hydrogen) atoms. The number of nitrogens with zero attached hydrogens (tertiary/aromatic N) is 3. The number of hydrogen-bond donors (Lipinski definition) is 2. The van der Waals surface area contributed by atoms with Crippen LogP contribution in [0.1, 0.15) is 24.1 Å². The van der Waals surface area contributed by atoms with Crippen LogP contribution >= 0.6 is 15.9 Å². The molecule has 140 valence electrons. The van der Waals surface area contributed by atoms with Gasteiger partial charge >= 0.3 is 0 Å². The molecule has 7 heteroatoms. The summed E-state index contributed by atoms with van der Waals surface area (Å²) in [6.45, 7) is 1.31. The zero-order valence-corrected chi connectivity index (χ0v) is 16.6. The lowest BCUT2D eigenvalue weighted by Gasteiger charge is -2.19. The Morgan fingerprint density at radius 2 is 2.11 bits per heavy atom. The van der Waals surface area contributed by atoms with E-state index >= 15 is 0 Å². The standard InChI is InChI=1S/C20H21BrFN5/c1-23-19(24-10-17-12-27-11-15(21)5-6-18(27)26-17)25-13-20(7-8-20)14-3-2-4-16(22)9-14/h2-6,9,11-12H,7-8,10,13H2,1H3,(H2,23,24,25). The van der Waals surface area contributed by atoms with Crippen molar-refractivity contribution in [3.05, 3.63) is 70.3 Å². The molecule has 0 spiro atoms. The first-order valence-electron chi connectivity index (χ1n) is 8.92. The SMILES string of the molecule is CN=C(NCc1cn2cc(Br)ccc2n1)NCC1(c2cccc(F)c2)CC1. The summed E-state index contributed by atoms with van der Waals surface area (Å²) < 4.78 is 16.5. The maximum absolute atomic E-state index is 13.5. The molecule has 4 rings (SSSR count). The fraction of sp³-hybridized carbons (Fsp3) is 0.300. The minimum atomic E-state index is -0.181. The van der Waals surface area contributed by atoms with Crippen molar-refractivity contribution in [2.45, 2.75) is 24.8 Å². The molecule has 3 aromatic rings. The number of hydrogen-bond acceptors (Lipinski definition) is 2. The number of nitrogens with one attached hydrogen (secondary N) is 2. The summed E-state index contributed by atoms with van der Waals surface area (Å²) >= 11 is 3.47. The summed E-state index contributed by atoms with van der Waals surface area (Å²) in [5, 5.41) is 6.68. The number of pyridine rings is 1. The molecule has 0 radical (unpaired) electrons. The van der Waals surface area contributed by atoms with Crippen molar-refractivity contribution in [1.82, 2.24) is 20.0 Å². The highest BCUT2D eigenvalue weighted by molar-refractivity contribution is 9.10. The van der Waals surface area contributed by atoms with E-state index in [1.165, 1.54) is 6.07 Å². The van der Waals surface area contributed by atoms with Gasteiger partial charge in [-0.25, -0.2) is 9.37 Å². The molecule has 5 nitrogen and oxygen atoms in total. The smallest absolute Gasteiger partial charge is 0.191 e. The second kappa shape index (κ2) is 7.31. The van der Waals surface area contributed by atoms with Gasteiger partial charge in [0.2, 0.25) is 0 Å². The highest BCUT2D eigenvalue weighted by Gasteiger charge is 2.44. The van der Waals surface area contributed by atoms with Gasteiger partial charge in [0.05, 0.1) is 12.2 Å². The lowest BCUT2D eigenvalue weighted by Crippen LogP contribution is -2.41. The third kappa shape index (κ3) is 3.98. The Morgan fingerprint density at radius 3 is 2.85 bits per heavy atom. The van der Waals surface area contributed by atoms with Gasteiger partial charge in [0.1, 0.15) is 11.5 Å². The molecule has 2 aromatic heterocycles. The van der Waals surface area contributed by atoms with Gasteiger partial charge in [-0.2, -0.15) is 0 Å². The number of aromatic nitrogens is 2. The van der Waals surface area contributed by atoms with Gasteiger partial charge in [-0.1, -0.05) is 12.1 Å². The number of benzene rings is 1. The van der Waals surface area contributed by atoms with Crippen LogP contribution in [0.25, 0.3) is 5.65 Å². The maximum Gasteiger partial charge on any atom is 0.191 e. The van der Waals surface area contributed by atoms with Gasteiger partial charge < -0.3 is 15.0 Å². The molecular formula is C20H21BrFN5. The summed E-state index contributed by atoms with van der Waals surface area (Å²) in [5.74, 6) is 0.538. The van der Waals surface area contributed by atoms with Gasteiger partial charge in [-0.05, 0) is 58.6 Å². The van der Waals surface area contributed by atoms with Crippen LogP contribution in [-0.4, -0.2) is 28.9 Å². The highest BCUT2D eigenvalue weighted by Crippen LogP contribution is 2.47. The average Bonchev–Trinajstić information content (AvgIpc) is 3.35. The number of halogens is 2. The van der Waals surface area contributed by atoms with E-state index in [1.807, 2.05) is 35.0 Å². The predicted molar refractivity (Wildman–Crippen MR) is 108 cm³/mol.